The molecule has 2 bridgehead atoms. The molecule has 0 radical (unpaired) electrons. The summed E-state index contributed by atoms with van der Waals surface area (Å²) in [5.41, 5.74) is -7.44. The van der Waals surface area contributed by atoms with Crippen LogP contribution in [-0.2, 0) is 28.4 Å². The summed E-state index contributed by atoms with van der Waals surface area (Å²) in [6.45, 7) is -1.44. The van der Waals surface area contributed by atoms with Crippen molar-refractivity contribution in [3.05, 3.63) is 92.8 Å². The van der Waals surface area contributed by atoms with Gasteiger partial charge in [-0.2, -0.15) is 0 Å². The maximum Gasteiger partial charge on any atom is 0.344 e. The molecule has 7 aromatic rings. The Bertz CT molecular complexity index is 3770. The summed E-state index contributed by atoms with van der Waals surface area (Å²) in [6.07, 6.45) is -13.0. The first-order chi connectivity index (χ1) is 36.7. The number of phenols is 16. The summed E-state index contributed by atoms with van der Waals surface area (Å²) in [6, 6.07) is 4.40. The van der Waals surface area contributed by atoms with E-state index in [4.69, 9.17) is 37.6 Å². The first kappa shape index (κ1) is 51.6. The lowest BCUT2D eigenvalue weighted by Crippen LogP contribution is -2.63. The number of esters is 5. The van der Waals surface area contributed by atoms with Crippen molar-refractivity contribution in [3.8, 4) is 103 Å². The summed E-state index contributed by atoms with van der Waals surface area (Å²) in [7, 11) is 0. The number of carbonyl (C=O) groups excluding carboxylic acids is 5. The van der Waals surface area contributed by atoms with Crippen molar-refractivity contribution < 1.29 is 143 Å². The molecule has 6 aromatic carbocycles. The number of benzene rings is 6. The predicted octanol–water partition coefficient (Wildman–Crippen LogP) is 2.76. The lowest BCUT2D eigenvalue weighted by atomic mass is 9.97. The molecule has 16 N–H and O–H groups in total. The summed E-state index contributed by atoms with van der Waals surface area (Å²) in [4.78, 5) is 84.8. The van der Waals surface area contributed by atoms with Crippen LogP contribution < -0.4 is 10.4 Å². The molecule has 2 aliphatic rings. The first-order valence-electron chi connectivity index (χ1n) is 21.5. The van der Waals surface area contributed by atoms with Crippen molar-refractivity contribution in [2.75, 3.05) is 6.61 Å². The minimum absolute atomic E-state index is 0.399. The van der Waals surface area contributed by atoms with Crippen LogP contribution in [0.4, 0.5) is 0 Å². The second-order valence-electron chi connectivity index (χ2n) is 16.7. The Morgan fingerprint density at radius 1 is 0.449 bits per heavy atom. The molecule has 2 aliphatic heterocycles. The molecule has 0 spiro atoms. The highest BCUT2D eigenvalue weighted by Gasteiger charge is 2.55. The lowest BCUT2D eigenvalue weighted by molar-refractivity contribution is -0.282. The number of phenolic OH excluding ortho intramolecular Hbond substituents is 16. The molecule has 1 aromatic heterocycles. The van der Waals surface area contributed by atoms with Crippen molar-refractivity contribution in [1.82, 2.24) is 0 Å². The van der Waals surface area contributed by atoms with Gasteiger partial charge in [-0.3, -0.25) is 0 Å². The van der Waals surface area contributed by atoms with E-state index in [-0.39, 0.29) is 0 Å². The Morgan fingerprint density at radius 2 is 0.910 bits per heavy atom. The average Bonchev–Trinajstić information content (AvgIpc) is 3.43. The highest BCUT2D eigenvalue weighted by atomic mass is 16.7. The number of cyclic esters (lactones) is 1. The fourth-order valence-corrected chi connectivity index (χ4v) is 8.08. The van der Waals surface area contributed by atoms with Crippen LogP contribution in [0.25, 0.3) is 21.7 Å². The molecule has 0 amide bonds. The van der Waals surface area contributed by atoms with E-state index in [2.05, 4.69) is 0 Å². The smallest absolute Gasteiger partial charge is 0.344 e. The molecule has 30 heteroatoms. The Morgan fingerprint density at radius 3 is 1.44 bits per heavy atom. The summed E-state index contributed by atoms with van der Waals surface area (Å²) in [5.74, 6) is -31.0. The third-order valence-electron chi connectivity index (χ3n) is 11.8. The van der Waals surface area contributed by atoms with Crippen LogP contribution in [0.15, 0.2) is 63.8 Å². The number of hydrogen-bond acceptors (Lipinski definition) is 30. The number of hydrogen-bond donors (Lipinski definition) is 16. The molecule has 5 atom stereocenters. The van der Waals surface area contributed by atoms with E-state index in [1.807, 2.05) is 0 Å². The number of aromatic hydroxyl groups is 16. The minimum Gasteiger partial charge on any atom is -0.504 e. The van der Waals surface area contributed by atoms with E-state index in [1.165, 1.54) is 0 Å². The van der Waals surface area contributed by atoms with Crippen molar-refractivity contribution in [3.63, 3.8) is 0 Å². The molecule has 1 fully saturated rings. The van der Waals surface area contributed by atoms with Crippen LogP contribution in [0.5, 0.6) is 103 Å². The molecule has 1 saturated heterocycles. The summed E-state index contributed by atoms with van der Waals surface area (Å²) >= 11 is 0. The van der Waals surface area contributed by atoms with Gasteiger partial charge in [0, 0.05) is 16.8 Å². The number of ether oxygens (including phenoxy) is 7. The van der Waals surface area contributed by atoms with Crippen LogP contribution in [-0.4, -0.2) is 149 Å². The van der Waals surface area contributed by atoms with Crippen molar-refractivity contribution in [1.29, 1.82) is 0 Å². The molecular formula is C48H32O30. The quantitative estimate of drug-likeness (QED) is 0.0374. The maximum absolute atomic E-state index is 14.9. The van der Waals surface area contributed by atoms with E-state index >= 15 is 0 Å². The maximum atomic E-state index is 14.9. The zero-order valence-electron chi connectivity index (χ0n) is 38.2. The number of carbonyl (C=O) groups is 5. The monoisotopic (exact) mass is 1090 g/mol. The van der Waals surface area contributed by atoms with Crippen molar-refractivity contribution >= 4 is 51.6 Å². The molecule has 9 rings (SSSR count). The molecule has 3 heterocycles. The second-order valence-corrected chi connectivity index (χ2v) is 16.7. The normalized spacial score (nSPS) is 18.1. The van der Waals surface area contributed by atoms with Crippen LogP contribution in [0.1, 0.15) is 51.8 Å². The van der Waals surface area contributed by atoms with Crippen molar-refractivity contribution in [2.24, 2.45) is 0 Å². The Labute approximate surface area is 427 Å². The van der Waals surface area contributed by atoms with E-state index in [9.17, 15) is 110 Å². The SMILES string of the molecule is O=C(O[C@@H]1O[C@@H]2COC(=O)c3cc(O)c(O)c(O)c3Oc3c(O)cc4c(=O)oc5c(O)c(O)cc(c5c4c3O)C(=O)O[C@H]2[C@H](OC(=O)c2cc(O)c(O)c(O)c2)[C@H]1OC(=O)c1cc(O)c(O)c(O)c1)c1cc(O)c(O)c(O)c1. The average molecular weight is 1090 g/mol. The molecule has 0 aliphatic carbocycles. The molecule has 0 saturated carbocycles. The van der Waals surface area contributed by atoms with Crippen molar-refractivity contribution in [2.45, 2.75) is 30.7 Å². The minimum atomic E-state index is -2.69. The van der Waals surface area contributed by atoms with Gasteiger partial charge in [0.1, 0.15) is 18.3 Å². The first-order valence-corrected chi connectivity index (χ1v) is 21.5. The second kappa shape index (κ2) is 18.9. The van der Waals surface area contributed by atoms with E-state index in [0.29, 0.717) is 54.6 Å². The third-order valence-corrected chi connectivity index (χ3v) is 11.8. The Hall–Kier alpha value is -11.3. The van der Waals surface area contributed by atoms with Gasteiger partial charge in [-0.1, -0.05) is 0 Å². The highest BCUT2D eigenvalue weighted by Crippen LogP contribution is 2.53. The number of fused-ring (bicyclic) bond motifs is 3. The van der Waals surface area contributed by atoms with Crippen LogP contribution in [0.2, 0.25) is 0 Å². The van der Waals surface area contributed by atoms with Gasteiger partial charge in [0.05, 0.1) is 27.6 Å². The van der Waals surface area contributed by atoms with Gasteiger partial charge >= 0.3 is 35.5 Å². The fraction of sp³-hybridized carbons (Fsp3) is 0.125. The molecule has 30 nitrogen and oxygen atoms in total. The van der Waals surface area contributed by atoms with Crippen LogP contribution in [0.3, 0.4) is 0 Å². The Balaban J connectivity index is 1.31. The van der Waals surface area contributed by atoms with Gasteiger partial charge in [0.2, 0.25) is 35.4 Å². The zero-order valence-corrected chi connectivity index (χ0v) is 38.2. The molecule has 78 heavy (non-hydrogen) atoms. The topological polar surface area (TPSA) is 504 Å². The van der Waals surface area contributed by atoms with Gasteiger partial charge in [-0.25, -0.2) is 28.8 Å². The fourth-order valence-electron chi connectivity index (χ4n) is 8.08. The molecule has 0 unspecified atom stereocenters. The van der Waals surface area contributed by atoms with Crippen LogP contribution in [0, 0.1) is 0 Å². The van der Waals surface area contributed by atoms with Gasteiger partial charge in [-0.05, 0) is 48.5 Å². The highest BCUT2D eigenvalue weighted by molar-refractivity contribution is 6.19. The number of rotatable bonds is 6. The van der Waals surface area contributed by atoms with E-state index in [0.717, 1.165) is 0 Å². The zero-order chi connectivity index (χ0) is 56.7. The van der Waals surface area contributed by atoms with E-state index < -0.39 is 226 Å². The summed E-state index contributed by atoms with van der Waals surface area (Å²) in [5, 5.41) is 166. The standard InChI is InChI=1S/C48H32O30/c49-17-1-11(2-18(50)29(17)58)42(65)76-40-38-26(72-48(78-44(67)13-5-21(53)31(60)22(54)6-13)41(40)77-43(66)12-3-19(51)30(59)20(52)4-12)10-71-45(68)16-9-23(55)32(61)35(64)36(16)73-37-25(57)8-14-27(34(37)63)28-15(47(70)74-38)7-24(56)33(62)39(28)75-46(14)69/h1-9,26,38,40-41,48-64H,10H2/t26-,38-,40+,41-,48+/m1/s1. The van der Waals surface area contributed by atoms with Crippen LogP contribution >= 0.6 is 0 Å². The summed E-state index contributed by atoms with van der Waals surface area (Å²) < 4.78 is 44.8. The largest absolute Gasteiger partial charge is 0.504 e. The predicted molar refractivity (Wildman–Crippen MR) is 244 cm³/mol. The molecule has 404 valence electrons. The Kier molecular flexibility index (Phi) is 12.5. The third kappa shape index (κ3) is 8.70. The van der Waals surface area contributed by atoms with Gasteiger partial charge in [-0.15, -0.1) is 0 Å². The molecular weight excluding hydrogens is 1060 g/mol. The lowest BCUT2D eigenvalue weighted by Gasteiger charge is -2.44. The van der Waals surface area contributed by atoms with Gasteiger partial charge in [0.25, 0.3) is 0 Å². The van der Waals surface area contributed by atoms with Gasteiger partial charge < -0.3 is 119 Å². The van der Waals surface area contributed by atoms with E-state index in [1.54, 1.807) is 0 Å². The van der Waals surface area contributed by atoms with Gasteiger partial charge in [0.15, 0.2) is 98.3 Å².